The molecule has 0 aliphatic carbocycles. The second-order valence-corrected chi connectivity index (χ2v) is 8.52. The van der Waals surface area contributed by atoms with Gasteiger partial charge in [0.2, 0.25) is 0 Å². The van der Waals surface area contributed by atoms with Gasteiger partial charge in [-0.1, -0.05) is 43.3 Å². The average Bonchev–Trinajstić information content (AvgIpc) is 3.30. The van der Waals surface area contributed by atoms with Crippen LogP contribution in [0, 0.1) is 5.92 Å². The third kappa shape index (κ3) is 4.74. The van der Waals surface area contributed by atoms with Crippen LogP contribution in [0.4, 0.5) is 5.82 Å². The molecule has 1 saturated heterocycles. The van der Waals surface area contributed by atoms with Crippen molar-refractivity contribution in [1.82, 2.24) is 9.88 Å². The summed E-state index contributed by atoms with van der Waals surface area (Å²) in [5.41, 5.74) is 2.13. The average molecular weight is 406 g/mol. The van der Waals surface area contributed by atoms with E-state index >= 15 is 0 Å². The molecule has 1 fully saturated rings. The molecule has 3 aromatic rings. The fraction of sp³-hybridized carbons (Fsp3) is 0.333. The lowest BCUT2D eigenvalue weighted by atomic mass is 9.91. The molecule has 0 radical (unpaired) electrons. The maximum absolute atomic E-state index is 13.3. The number of aromatic nitrogens is 1. The van der Waals surface area contributed by atoms with Crippen molar-refractivity contribution in [2.24, 2.45) is 5.92 Å². The van der Waals surface area contributed by atoms with Crippen LogP contribution in [0.5, 0.6) is 0 Å². The van der Waals surface area contributed by atoms with E-state index in [-0.39, 0.29) is 11.9 Å². The minimum atomic E-state index is 0.0551. The number of thiophene rings is 1. The molecule has 0 unspecified atom stereocenters. The summed E-state index contributed by atoms with van der Waals surface area (Å²) >= 11 is 1.56. The maximum atomic E-state index is 13.3. The largest absolute Gasteiger partial charge is 0.303 e. The van der Waals surface area contributed by atoms with Crippen LogP contribution in [0.25, 0.3) is 0 Å². The minimum absolute atomic E-state index is 0.0551. The van der Waals surface area contributed by atoms with E-state index in [1.165, 1.54) is 5.56 Å². The number of nitrogens with zero attached hydrogens (tertiary/aromatic N) is 3. The number of carbonyl (C=O) groups excluding carboxylic acids is 1. The lowest BCUT2D eigenvalue weighted by molar-refractivity contribution is 0.0932. The monoisotopic (exact) mass is 405 g/mol. The first kappa shape index (κ1) is 19.8. The van der Waals surface area contributed by atoms with Crippen LogP contribution in [0.2, 0.25) is 0 Å². The molecular formula is C24H27N3OS. The standard InChI is InChI=1S/C24H27N3OS/c1-19-17-26(14-10-20-7-3-2-4-8-20)15-11-22(19)27(23-9-5-6-13-25-23)24(28)21-12-16-29-18-21/h2-9,12-13,16,18-19,22H,10-11,14-15,17H2,1H3/t19-,22+/m1/s1. The smallest absolute Gasteiger partial charge is 0.260 e. The zero-order chi connectivity index (χ0) is 20.1. The molecule has 2 atom stereocenters. The molecule has 0 N–H and O–H groups in total. The van der Waals surface area contributed by atoms with Crippen molar-refractivity contribution in [3.05, 3.63) is 82.7 Å². The molecular weight excluding hydrogens is 378 g/mol. The first-order valence-corrected chi connectivity index (χ1v) is 11.2. The minimum Gasteiger partial charge on any atom is -0.303 e. The van der Waals surface area contributed by atoms with E-state index in [1.807, 2.05) is 39.9 Å². The van der Waals surface area contributed by atoms with Gasteiger partial charge in [-0.15, -0.1) is 0 Å². The second-order valence-electron chi connectivity index (χ2n) is 7.74. The fourth-order valence-electron chi connectivity index (χ4n) is 4.18. The zero-order valence-corrected chi connectivity index (χ0v) is 17.6. The number of anilines is 1. The van der Waals surface area contributed by atoms with E-state index in [1.54, 1.807) is 17.5 Å². The van der Waals surface area contributed by atoms with Gasteiger partial charge in [0.15, 0.2) is 0 Å². The predicted molar refractivity (Wildman–Crippen MR) is 120 cm³/mol. The number of hydrogen-bond donors (Lipinski definition) is 0. The van der Waals surface area contributed by atoms with Crippen molar-refractivity contribution in [2.45, 2.75) is 25.8 Å². The van der Waals surface area contributed by atoms with Crippen LogP contribution in [-0.4, -0.2) is 41.5 Å². The van der Waals surface area contributed by atoms with Gasteiger partial charge in [0.25, 0.3) is 5.91 Å². The van der Waals surface area contributed by atoms with Crippen molar-refractivity contribution in [1.29, 1.82) is 0 Å². The van der Waals surface area contributed by atoms with Gasteiger partial charge in [-0.25, -0.2) is 4.98 Å². The normalized spacial score (nSPS) is 19.8. The van der Waals surface area contributed by atoms with Crippen LogP contribution in [0.15, 0.2) is 71.6 Å². The first-order chi connectivity index (χ1) is 14.2. The Morgan fingerprint density at radius 3 is 2.69 bits per heavy atom. The Hall–Kier alpha value is -2.50. The van der Waals surface area contributed by atoms with Crippen molar-refractivity contribution in [3.63, 3.8) is 0 Å². The molecule has 0 saturated carbocycles. The number of piperidine rings is 1. The van der Waals surface area contributed by atoms with Gasteiger partial charge >= 0.3 is 0 Å². The second kappa shape index (κ2) is 9.33. The van der Waals surface area contributed by atoms with Gasteiger partial charge < -0.3 is 4.90 Å². The number of carbonyl (C=O) groups is 1. The molecule has 1 aromatic carbocycles. The SMILES string of the molecule is C[C@@H]1CN(CCc2ccccc2)CC[C@@H]1N(C(=O)c1ccsc1)c1ccccn1. The summed E-state index contributed by atoms with van der Waals surface area (Å²) in [6.45, 7) is 5.32. The summed E-state index contributed by atoms with van der Waals surface area (Å²) < 4.78 is 0. The molecule has 150 valence electrons. The number of hydrogen-bond acceptors (Lipinski definition) is 4. The van der Waals surface area contributed by atoms with E-state index in [0.717, 1.165) is 43.9 Å². The van der Waals surface area contributed by atoms with Crippen LogP contribution < -0.4 is 4.90 Å². The first-order valence-electron chi connectivity index (χ1n) is 10.3. The Kier molecular flexibility index (Phi) is 6.37. The van der Waals surface area contributed by atoms with E-state index in [4.69, 9.17) is 0 Å². The molecule has 2 aromatic heterocycles. The van der Waals surface area contributed by atoms with Gasteiger partial charge in [0, 0.05) is 37.3 Å². The van der Waals surface area contributed by atoms with Crippen molar-refractivity contribution in [3.8, 4) is 0 Å². The molecule has 29 heavy (non-hydrogen) atoms. The Bertz CT molecular complexity index is 898. The summed E-state index contributed by atoms with van der Waals surface area (Å²) in [6, 6.07) is 18.5. The molecule has 4 rings (SSSR count). The summed E-state index contributed by atoms with van der Waals surface area (Å²) in [7, 11) is 0. The van der Waals surface area contributed by atoms with Crippen molar-refractivity contribution >= 4 is 23.1 Å². The Morgan fingerprint density at radius 2 is 2.00 bits per heavy atom. The van der Waals surface area contributed by atoms with Crippen LogP contribution in [-0.2, 0) is 6.42 Å². The van der Waals surface area contributed by atoms with Crippen molar-refractivity contribution in [2.75, 3.05) is 24.5 Å². The molecule has 5 heteroatoms. The van der Waals surface area contributed by atoms with E-state index in [2.05, 4.69) is 47.1 Å². The van der Waals surface area contributed by atoms with E-state index in [0.29, 0.717) is 5.92 Å². The third-order valence-electron chi connectivity index (χ3n) is 5.72. The molecule has 1 amide bonds. The molecule has 1 aliphatic heterocycles. The Labute approximate surface area is 176 Å². The molecule has 4 nitrogen and oxygen atoms in total. The van der Waals surface area contributed by atoms with Crippen LogP contribution >= 0.6 is 11.3 Å². The quantitative estimate of drug-likeness (QED) is 0.594. The molecule has 1 aliphatic rings. The van der Waals surface area contributed by atoms with Gasteiger partial charge in [-0.3, -0.25) is 9.69 Å². The van der Waals surface area contributed by atoms with Crippen LogP contribution in [0.3, 0.4) is 0 Å². The lowest BCUT2D eigenvalue weighted by Gasteiger charge is -2.42. The van der Waals surface area contributed by atoms with E-state index < -0.39 is 0 Å². The highest BCUT2D eigenvalue weighted by atomic mass is 32.1. The zero-order valence-electron chi connectivity index (χ0n) is 16.8. The van der Waals surface area contributed by atoms with Gasteiger partial charge in [0.1, 0.15) is 5.82 Å². The lowest BCUT2D eigenvalue weighted by Crippen LogP contribution is -2.53. The van der Waals surface area contributed by atoms with Gasteiger partial charge in [-0.2, -0.15) is 11.3 Å². The number of rotatable bonds is 6. The number of likely N-dealkylation sites (tertiary alicyclic amines) is 1. The Morgan fingerprint density at radius 1 is 1.17 bits per heavy atom. The highest BCUT2D eigenvalue weighted by Gasteiger charge is 2.35. The number of pyridine rings is 1. The summed E-state index contributed by atoms with van der Waals surface area (Å²) in [4.78, 5) is 22.3. The van der Waals surface area contributed by atoms with Crippen LogP contribution in [0.1, 0.15) is 29.3 Å². The fourth-order valence-corrected chi connectivity index (χ4v) is 4.81. The molecule has 0 bridgehead atoms. The van der Waals surface area contributed by atoms with Gasteiger partial charge in [-0.05, 0) is 47.9 Å². The summed E-state index contributed by atoms with van der Waals surface area (Å²) in [5, 5.41) is 3.89. The molecule has 3 heterocycles. The predicted octanol–water partition coefficient (Wildman–Crippen LogP) is 4.74. The number of benzene rings is 1. The highest BCUT2D eigenvalue weighted by Crippen LogP contribution is 2.28. The van der Waals surface area contributed by atoms with E-state index in [9.17, 15) is 4.79 Å². The Balaban J connectivity index is 1.47. The third-order valence-corrected chi connectivity index (χ3v) is 6.40. The summed E-state index contributed by atoms with van der Waals surface area (Å²) in [5.74, 6) is 1.18. The maximum Gasteiger partial charge on any atom is 0.260 e. The summed E-state index contributed by atoms with van der Waals surface area (Å²) in [6.07, 6.45) is 3.79. The topological polar surface area (TPSA) is 36.4 Å². The number of amides is 1. The molecule has 0 spiro atoms. The van der Waals surface area contributed by atoms with Crippen molar-refractivity contribution < 1.29 is 4.79 Å². The van der Waals surface area contributed by atoms with Gasteiger partial charge in [0.05, 0.1) is 5.56 Å². The highest BCUT2D eigenvalue weighted by molar-refractivity contribution is 7.08.